The first kappa shape index (κ1) is 30.6. The molecule has 4 aromatic rings. The van der Waals surface area contributed by atoms with Gasteiger partial charge in [-0.3, -0.25) is 9.36 Å². The second kappa shape index (κ2) is 13.2. The van der Waals surface area contributed by atoms with Gasteiger partial charge in [0, 0.05) is 9.50 Å². The zero-order valence-corrected chi connectivity index (χ0v) is 27.0. The lowest BCUT2D eigenvalue weighted by Crippen LogP contribution is -2.40. The fourth-order valence-corrected chi connectivity index (χ4v) is 6.57. The van der Waals surface area contributed by atoms with Gasteiger partial charge < -0.3 is 18.9 Å². The molecule has 0 unspecified atom stereocenters. The summed E-state index contributed by atoms with van der Waals surface area (Å²) in [6.45, 7) is 4.04. The molecule has 43 heavy (non-hydrogen) atoms. The Morgan fingerprint density at radius 3 is 2.49 bits per heavy atom. The number of ether oxygens (including phenoxy) is 4. The summed E-state index contributed by atoms with van der Waals surface area (Å²) in [5.74, 6) is 1.10. The van der Waals surface area contributed by atoms with Gasteiger partial charge in [0.1, 0.15) is 12.4 Å². The third-order valence-electron chi connectivity index (χ3n) is 6.79. The van der Waals surface area contributed by atoms with Crippen LogP contribution in [-0.2, 0) is 16.1 Å². The molecule has 2 heterocycles. The highest BCUT2D eigenvalue weighted by Gasteiger charge is 2.35. The number of hydrogen-bond acceptors (Lipinski definition) is 8. The molecule has 1 aliphatic rings. The molecule has 0 spiro atoms. The van der Waals surface area contributed by atoms with Crippen molar-refractivity contribution in [3.05, 3.63) is 118 Å². The number of carbonyl (C=O) groups excluding carboxylic acids is 1. The molecule has 1 aromatic heterocycles. The van der Waals surface area contributed by atoms with Crippen LogP contribution in [0.1, 0.15) is 36.6 Å². The van der Waals surface area contributed by atoms with Gasteiger partial charge in [-0.1, -0.05) is 63.1 Å². The number of nitrogens with zero attached hydrogens (tertiary/aromatic N) is 2. The molecular formula is C32H28BrClN2O6S. The number of halogens is 2. The van der Waals surface area contributed by atoms with E-state index >= 15 is 0 Å². The SMILES string of the molecule is CCOC(=O)C1=C(C)N=c2s/c(=C\c3ccc(OCc4cccc(Cl)c4)cc3)c(=O)n2[C@@H]1c1cc(OC)c(OC)cc1Br. The van der Waals surface area contributed by atoms with Crippen molar-refractivity contribution in [1.29, 1.82) is 0 Å². The maximum Gasteiger partial charge on any atom is 0.338 e. The first-order valence-corrected chi connectivity index (χ1v) is 15.3. The van der Waals surface area contributed by atoms with Crippen molar-refractivity contribution in [1.82, 2.24) is 4.57 Å². The number of carbonyl (C=O) groups is 1. The van der Waals surface area contributed by atoms with Gasteiger partial charge in [-0.15, -0.1) is 0 Å². The predicted molar refractivity (Wildman–Crippen MR) is 170 cm³/mol. The molecule has 0 fully saturated rings. The monoisotopic (exact) mass is 682 g/mol. The van der Waals surface area contributed by atoms with Crippen molar-refractivity contribution in [3.8, 4) is 17.2 Å². The van der Waals surface area contributed by atoms with Crippen LogP contribution >= 0.6 is 38.9 Å². The first-order valence-electron chi connectivity index (χ1n) is 13.3. The lowest BCUT2D eigenvalue weighted by atomic mass is 9.95. The Morgan fingerprint density at radius 1 is 1.09 bits per heavy atom. The molecule has 0 N–H and O–H groups in total. The minimum Gasteiger partial charge on any atom is -0.493 e. The topological polar surface area (TPSA) is 88.4 Å². The van der Waals surface area contributed by atoms with E-state index in [9.17, 15) is 9.59 Å². The molecule has 1 aliphatic heterocycles. The lowest BCUT2D eigenvalue weighted by Gasteiger charge is -2.26. The molecule has 0 bridgehead atoms. The molecule has 11 heteroatoms. The Labute approximate surface area is 265 Å². The molecule has 0 saturated heterocycles. The molecule has 5 rings (SSSR count). The highest BCUT2D eigenvalue weighted by molar-refractivity contribution is 9.10. The Kier molecular flexibility index (Phi) is 9.39. The molecule has 1 atom stereocenters. The standard InChI is InChI=1S/C32H28BrClN2O6S/c1-5-41-31(38)28-18(2)35-32-36(29(28)23-15-25(39-3)26(40-4)16-24(23)33)30(37)27(43-32)14-19-9-11-22(12-10-19)42-17-20-7-6-8-21(34)13-20/h6-16,29H,5,17H2,1-4H3/b27-14-/t29-/m1/s1. The van der Waals surface area contributed by atoms with Crippen LogP contribution in [0.25, 0.3) is 6.08 Å². The van der Waals surface area contributed by atoms with Gasteiger partial charge in [-0.05, 0) is 73.0 Å². The number of allylic oxidation sites excluding steroid dienone is 1. The van der Waals surface area contributed by atoms with E-state index in [0.29, 0.717) is 53.9 Å². The van der Waals surface area contributed by atoms with Crippen LogP contribution in [0, 0.1) is 0 Å². The zero-order chi connectivity index (χ0) is 30.7. The summed E-state index contributed by atoms with van der Waals surface area (Å²) in [5.41, 5.74) is 2.86. The fraction of sp³-hybridized carbons (Fsp3) is 0.219. The average Bonchev–Trinajstić information content (AvgIpc) is 3.29. The summed E-state index contributed by atoms with van der Waals surface area (Å²) in [4.78, 5) is 32.3. The summed E-state index contributed by atoms with van der Waals surface area (Å²) in [6.07, 6.45) is 1.80. The van der Waals surface area contributed by atoms with E-state index in [1.807, 2.05) is 48.5 Å². The summed E-state index contributed by atoms with van der Waals surface area (Å²) in [6, 6.07) is 17.6. The third kappa shape index (κ3) is 6.41. The van der Waals surface area contributed by atoms with Crippen molar-refractivity contribution < 1.29 is 23.7 Å². The highest BCUT2D eigenvalue weighted by atomic mass is 79.9. The van der Waals surface area contributed by atoms with Crippen molar-refractivity contribution in [2.75, 3.05) is 20.8 Å². The summed E-state index contributed by atoms with van der Waals surface area (Å²) >= 11 is 10.9. The minimum absolute atomic E-state index is 0.179. The second-order valence-corrected chi connectivity index (χ2v) is 11.8. The molecular weight excluding hydrogens is 656 g/mol. The number of aromatic nitrogens is 1. The molecule has 0 saturated carbocycles. The normalized spacial score (nSPS) is 14.7. The van der Waals surface area contributed by atoms with Crippen molar-refractivity contribution in [3.63, 3.8) is 0 Å². The largest absolute Gasteiger partial charge is 0.493 e. The number of hydrogen-bond donors (Lipinski definition) is 0. The Hall–Kier alpha value is -3.86. The average molecular weight is 684 g/mol. The van der Waals surface area contributed by atoms with Crippen molar-refractivity contribution >= 4 is 50.9 Å². The van der Waals surface area contributed by atoms with Gasteiger partial charge in [-0.2, -0.15) is 0 Å². The van der Waals surface area contributed by atoms with E-state index in [1.54, 1.807) is 39.2 Å². The van der Waals surface area contributed by atoms with E-state index < -0.39 is 12.0 Å². The van der Waals surface area contributed by atoms with Crippen LogP contribution in [0.2, 0.25) is 5.02 Å². The van der Waals surface area contributed by atoms with E-state index in [2.05, 4.69) is 20.9 Å². The van der Waals surface area contributed by atoms with E-state index in [0.717, 1.165) is 11.1 Å². The molecule has 8 nitrogen and oxygen atoms in total. The number of thiazole rings is 1. The number of fused-ring (bicyclic) bond motifs is 1. The molecule has 0 radical (unpaired) electrons. The second-order valence-electron chi connectivity index (χ2n) is 9.52. The van der Waals surface area contributed by atoms with E-state index in [4.69, 9.17) is 30.5 Å². The maximum atomic E-state index is 14.0. The van der Waals surface area contributed by atoms with Gasteiger partial charge >= 0.3 is 5.97 Å². The molecule has 0 amide bonds. The lowest BCUT2D eigenvalue weighted by molar-refractivity contribution is -0.139. The number of benzene rings is 3. The number of methoxy groups -OCH3 is 2. The summed E-state index contributed by atoms with van der Waals surface area (Å²) in [5, 5.41) is 0.656. The van der Waals surface area contributed by atoms with Crippen LogP contribution in [0.4, 0.5) is 0 Å². The van der Waals surface area contributed by atoms with E-state index in [1.165, 1.54) is 23.0 Å². The van der Waals surface area contributed by atoms with Crippen LogP contribution in [0.3, 0.4) is 0 Å². The first-order chi connectivity index (χ1) is 20.7. The Bertz CT molecular complexity index is 1900. The number of esters is 1. The van der Waals surface area contributed by atoms with Crippen LogP contribution in [-0.4, -0.2) is 31.4 Å². The molecule has 3 aromatic carbocycles. The van der Waals surface area contributed by atoms with Gasteiger partial charge in [0.15, 0.2) is 16.3 Å². The Balaban J connectivity index is 1.55. The third-order valence-corrected chi connectivity index (χ3v) is 8.69. The van der Waals surface area contributed by atoms with Gasteiger partial charge in [0.05, 0.1) is 42.7 Å². The van der Waals surface area contributed by atoms with Gasteiger partial charge in [-0.25, -0.2) is 9.79 Å². The summed E-state index contributed by atoms with van der Waals surface area (Å²) in [7, 11) is 3.07. The van der Waals surface area contributed by atoms with Gasteiger partial charge in [0.2, 0.25) is 0 Å². The number of rotatable bonds is 9. The van der Waals surface area contributed by atoms with Crippen LogP contribution in [0.5, 0.6) is 17.2 Å². The van der Waals surface area contributed by atoms with Crippen molar-refractivity contribution in [2.24, 2.45) is 4.99 Å². The highest BCUT2D eigenvalue weighted by Crippen LogP contribution is 2.40. The fourth-order valence-electron chi connectivity index (χ4n) is 4.77. The van der Waals surface area contributed by atoms with Crippen molar-refractivity contribution in [2.45, 2.75) is 26.5 Å². The smallest absolute Gasteiger partial charge is 0.338 e. The van der Waals surface area contributed by atoms with Gasteiger partial charge in [0.25, 0.3) is 5.56 Å². The summed E-state index contributed by atoms with van der Waals surface area (Å²) < 4.78 is 24.9. The van der Waals surface area contributed by atoms with E-state index in [-0.39, 0.29) is 17.7 Å². The minimum atomic E-state index is -0.811. The maximum absolute atomic E-state index is 14.0. The van der Waals surface area contributed by atoms with Crippen LogP contribution < -0.4 is 29.1 Å². The predicted octanol–water partition coefficient (Wildman–Crippen LogP) is 5.81. The molecule has 222 valence electrons. The Morgan fingerprint density at radius 2 is 1.81 bits per heavy atom. The van der Waals surface area contributed by atoms with Crippen LogP contribution in [0.15, 0.2) is 86.2 Å². The molecule has 0 aliphatic carbocycles. The quantitative estimate of drug-likeness (QED) is 0.207. The zero-order valence-electron chi connectivity index (χ0n) is 23.9.